The van der Waals surface area contributed by atoms with E-state index >= 15 is 0 Å². The minimum absolute atomic E-state index is 0.0445. The van der Waals surface area contributed by atoms with E-state index in [0.717, 1.165) is 77.6 Å². The number of ether oxygens (including phenoxy) is 2. The van der Waals surface area contributed by atoms with E-state index in [4.69, 9.17) is 26.7 Å². The molecule has 0 saturated heterocycles. The number of methoxy groups -OCH3 is 2. The summed E-state index contributed by atoms with van der Waals surface area (Å²) in [4.78, 5) is 40.6. The Morgan fingerprint density at radius 2 is 1.04 bits per heavy atom. The van der Waals surface area contributed by atoms with Gasteiger partial charge in [0.25, 0.3) is 5.91 Å². The third kappa shape index (κ3) is 8.31. The Morgan fingerprint density at radius 1 is 0.600 bits per heavy atom. The summed E-state index contributed by atoms with van der Waals surface area (Å²) in [5.41, 5.74) is 23.4. The molecule has 0 saturated carbocycles. The second-order valence-electron chi connectivity index (χ2n) is 12.5. The number of nitrogens with one attached hydrogen (secondary N) is 3. The number of aromatic amines is 2. The van der Waals surface area contributed by atoms with Crippen molar-refractivity contribution in [2.24, 2.45) is 17.2 Å². The van der Waals surface area contributed by atoms with Crippen molar-refractivity contribution < 1.29 is 19.1 Å². The third-order valence-electron chi connectivity index (χ3n) is 8.91. The van der Waals surface area contributed by atoms with Crippen molar-refractivity contribution in [2.45, 2.75) is 6.92 Å². The number of nitrogens with zero attached hydrogens (tertiary/aromatic N) is 2. The number of nitrogens with two attached hydrogens (primary N) is 3. The summed E-state index contributed by atoms with van der Waals surface area (Å²) in [6.07, 6.45) is 0. The van der Waals surface area contributed by atoms with Gasteiger partial charge in [0.2, 0.25) is 0 Å². The van der Waals surface area contributed by atoms with Gasteiger partial charge in [-0.3, -0.25) is 9.59 Å². The van der Waals surface area contributed by atoms with E-state index in [0.29, 0.717) is 37.6 Å². The number of H-pyrrole nitrogens is 2. The first kappa shape index (κ1) is 38.1. The monoisotopic (exact) mass is 736 g/mol. The molecule has 9 N–H and O–H groups in total. The summed E-state index contributed by atoms with van der Waals surface area (Å²) in [7, 11) is 3.27. The SMILES string of the molecule is COc1ccc(-c2nc(C(=O)NCCN)cc3c2[nH]c2ccccc23)cc1.COc1ccc(-c2nc(C(C)=O)cc3c2[nH]c2ccccc23)cc1.NCCN. The lowest BCUT2D eigenvalue weighted by Gasteiger charge is -2.09. The number of benzene rings is 4. The zero-order valence-corrected chi connectivity index (χ0v) is 31.0. The van der Waals surface area contributed by atoms with Crippen molar-refractivity contribution in [3.05, 3.63) is 121 Å². The number of pyridine rings is 2. The van der Waals surface area contributed by atoms with Crippen LogP contribution >= 0.6 is 0 Å². The summed E-state index contributed by atoms with van der Waals surface area (Å²) in [6.45, 7) is 3.53. The molecule has 0 aliphatic carbocycles. The van der Waals surface area contributed by atoms with E-state index < -0.39 is 0 Å². The molecule has 280 valence electrons. The van der Waals surface area contributed by atoms with Crippen molar-refractivity contribution in [2.75, 3.05) is 40.4 Å². The van der Waals surface area contributed by atoms with E-state index in [1.807, 2.05) is 103 Å². The van der Waals surface area contributed by atoms with Crippen LogP contribution in [0.1, 0.15) is 27.9 Å². The Bertz CT molecular complexity index is 2580. The van der Waals surface area contributed by atoms with Crippen LogP contribution in [-0.4, -0.2) is 72.0 Å². The van der Waals surface area contributed by atoms with Crippen LogP contribution in [0.2, 0.25) is 0 Å². The van der Waals surface area contributed by atoms with Crippen LogP contribution in [0.25, 0.3) is 66.1 Å². The van der Waals surface area contributed by atoms with Crippen LogP contribution in [0, 0.1) is 0 Å². The number of rotatable bonds is 9. The Labute approximate surface area is 318 Å². The molecule has 0 spiro atoms. The standard InChI is InChI=1S/C21H20N4O2.C20H16N2O2.C2H8N2/c1-27-14-8-6-13(7-9-14)19-20-16(15-4-2-3-5-17(15)24-20)12-18(25-19)21(26)23-11-10-22;1-12(23)18-11-16-15-5-3-4-6-17(15)21-20(16)19(22-18)13-7-9-14(24-2)10-8-13;3-1-2-4/h2-9,12,24H,10-11,22H2,1H3,(H,23,26);3-11,21H,1-2H3;1-4H2. The fraction of sp³-hybridized carbons (Fsp3) is 0.163. The molecular weight excluding hydrogens is 693 g/mol. The number of para-hydroxylation sites is 2. The van der Waals surface area contributed by atoms with Gasteiger partial charge in [0.15, 0.2) is 5.78 Å². The second kappa shape index (κ2) is 17.5. The maximum absolute atomic E-state index is 12.5. The van der Waals surface area contributed by atoms with E-state index in [-0.39, 0.29) is 11.7 Å². The van der Waals surface area contributed by atoms with Crippen molar-refractivity contribution >= 4 is 55.3 Å². The first-order valence-corrected chi connectivity index (χ1v) is 17.8. The molecule has 1 amide bonds. The van der Waals surface area contributed by atoms with Crippen LogP contribution in [0.5, 0.6) is 11.5 Å². The number of amides is 1. The fourth-order valence-corrected chi connectivity index (χ4v) is 6.18. The molecule has 0 unspecified atom stereocenters. The molecule has 0 radical (unpaired) electrons. The summed E-state index contributed by atoms with van der Waals surface area (Å²) in [5.74, 6) is 1.28. The summed E-state index contributed by atoms with van der Waals surface area (Å²) in [6, 6.07) is 35.1. The van der Waals surface area contributed by atoms with E-state index in [9.17, 15) is 9.59 Å². The first-order chi connectivity index (χ1) is 26.8. The van der Waals surface area contributed by atoms with Gasteiger partial charge >= 0.3 is 0 Å². The van der Waals surface area contributed by atoms with Gasteiger partial charge in [-0.2, -0.15) is 0 Å². The lowest BCUT2D eigenvalue weighted by Crippen LogP contribution is -2.29. The van der Waals surface area contributed by atoms with Crippen molar-refractivity contribution in [3.63, 3.8) is 0 Å². The Balaban J connectivity index is 0.000000172. The number of ketones is 1. The third-order valence-corrected chi connectivity index (χ3v) is 8.91. The molecule has 0 aliphatic rings. The molecule has 4 heterocycles. The molecule has 0 aliphatic heterocycles. The lowest BCUT2D eigenvalue weighted by molar-refractivity contribution is 0.0949. The predicted molar refractivity (Wildman–Crippen MR) is 221 cm³/mol. The maximum atomic E-state index is 12.5. The van der Waals surface area contributed by atoms with Crippen molar-refractivity contribution in [3.8, 4) is 34.0 Å². The van der Waals surface area contributed by atoms with Gasteiger partial charge in [-0.05, 0) is 72.8 Å². The second-order valence-corrected chi connectivity index (χ2v) is 12.5. The average molecular weight is 737 g/mol. The Morgan fingerprint density at radius 3 is 1.45 bits per heavy atom. The fourth-order valence-electron chi connectivity index (χ4n) is 6.18. The molecule has 12 heteroatoms. The lowest BCUT2D eigenvalue weighted by atomic mass is 10.1. The van der Waals surface area contributed by atoms with E-state index in [1.165, 1.54) is 0 Å². The smallest absolute Gasteiger partial charge is 0.269 e. The topological polar surface area (TPSA) is 200 Å². The van der Waals surface area contributed by atoms with E-state index in [1.54, 1.807) is 21.1 Å². The highest BCUT2D eigenvalue weighted by Crippen LogP contribution is 2.35. The Kier molecular flexibility index (Phi) is 12.1. The largest absolute Gasteiger partial charge is 0.497 e. The molecular formula is C43H44N8O4. The summed E-state index contributed by atoms with van der Waals surface area (Å²) < 4.78 is 10.5. The molecule has 0 atom stereocenters. The van der Waals surface area contributed by atoms with Crippen molar-refractivity contribution in [1.82, 2.24) is 25.3 Å². The summed E-state index contributed by atoms with van der Waals surface area (Å²) in [5, 5.41) is 6.91. The van der Waals surface area contributed by atoms with Gasteiger partial charge < -0.3 is 42.0 Å². The number of carbonyl (C=O) groups excluding carboxylic acids is 2. The number of hydrogen-bond acceptors (Lipinski definition) is 9. The average Bonchev–Trinajstić information content (AvgIpc) is 3.81. The molecule has 12 nitrogen and oxygen atoms in total. The number of fused-ring (bicyclic) bond motifs is 6. The van der Waals surface area contributed by atoms with Gasteiger partial charge in [0.1, 0.15) is 22.9 Å². The maximum Gasteiger partial charge on any atom is 0.269 e. The highest BCUT2D eigenvalue weighted by Gasteiger charge is 2.18. The molecule has 0 bridgehead atoms. The number of Topliss-reactive ketones (excluding diaryl/α,β-unsaturated/α-hetero) is 1. The quantitative estimate of drug-likeness (QED) is 0.0886. The number of carbonyl (C=O) groups is 2. The molecule has 8 rings (SSSR count). The molecule has 4 aromatic heterocycles. The molecule has 0 fully saturated rings. The van der Waals surface area contributed by atoms with Crippen LogP contribution < -0.4 is 32.0 Å². The zero-order valence-electron chi connectivity index (χ0n) is 31.0. The van der Waals surface area contributed by atoms with Crippen LogP contribution in [0.3, 0.4) is 0 Å². The van der Waals surface area contributed by atoms with Crippen LogP contribution in [0.15, 0.2) is 109 Å². The van der Waals surface area contributed by atoms with Crippen molar-refractivity contribution in [1.29, 1.82) is 0 Å². The highest BCUT2D eigenvalue weighted by atomic mass is 16.5. The van der Waals surface area contributed by atoms with Gasteiger partial charge in [-0.1, -0.05) is 36.4 Å². The van der Waals surface area contributed by atoms with Gasteiger partial charge in [0, 0.05) is 76.8 Å². The minimum atomic E-state index is -0.234. The van der Waals surface area contributed by atoms with Crippen LogP contribution in [-0.2, 0) is 0 Å². The summed E-state index contributed by atoms with van der Waals surface area (Å²) >= 11 is 0. The van der Waals surface area contributed by atoms with Gasteiger partial charge in [-0.25, -0.2) is 9.97 Å². The molecule has 4 aromatic carbocycles. The molecule has 55 heavy (non-hydrogen) atoms. The minimum Gasteiger partial charge on any atom is -0.497 e. The van der Waals surface area contributed by atoms with Crippen LogP contribution in [0.4, 0.5) is 0 Å². The zero-order chi connectivity index (χ0) is 38.9. The highest BCUT2D eigenvalue weighted by molar-refractivity contribution is 6.14. The number of aromatic nitrogens is 4. The normalized spacial score (nSPS) is 10.8. The first-order valence-electron chi connectivity index (χ1n) is 17.8. The van der Waals surface area contributed by atoms with Gasteiger partial charge in [0.05, 0.1) is 36.6 Å². The van der Waals surface area contributed by atoms with E-state index in [2.05, 4.69) is 31.3 Å². The van der Waals surface area contributed by atoms with Gasteiger partial charge in [-0.15, -0.1) is 0 Å². The Hall–Kier alpha value is -6.60. The molecule has 8 aromatic rings. The predicted octanol–water partition coefficient (Wildman–Crippen LogP) is 6.58. The number of hydrogen-bond donors (Lipinski definition) is 6.